The van der Waals surface area contributed by atoms with Gasteiger partial charge in [0, 0.05) is 11.3 Å². The molecule has 6 nitrogen and oxygen atoms in total. The Morgan fingerprint density at radius 3 is 2.53 bits per heavy atom. The third-order valence-electron chi connectivity index (χ3n) is 4.74. The zero-order valence-corrected chi connectivity index (χ0v) is 16.3. The molecule has 0 radical (unpaired) electrons. The molecular formula is C24H20N2O4. The Bertz CT molecular complexity index is 1240. The van der Waals surface area contributed by atoms with Gasteiger partial charge in [-0.05, 0) is 65.7 Å². The van der Waals surface area contributed by atoms with Gasteiger partial charge < -0.3 is 20.2 Å². The molecular weight excluding hydrogens is 380 g/mol. The largest absolute Gasteiger partial charge is 0.486 e. The normalized spacial score (nSPS) is 10.7. The molecule has 0 saturated carbocycles. The molecule has 0 fully saturated rings. The Hall–Kier alpha value is -4.06. The third-order valence-corrected chi connectivity index (χ3v) is 4.74. The second-order valence-electron chi connectivity index (χ2n) is 6.91. The number of primary amides is 1. The van der Waals surface area contributed by atoms with Crippen molar-refractivity contribution in [2.24, 2.45) is 5.73 Å². The van der Waals surface area contributed by atoms with Crippen LogP contribution in [0.4, 0.5) is 5.69 Å². The van der Waals surface area contributed by atoms with Gasteiger partial charge in [0.2, 0.25) is 5.91 Å². The van der Waals surface area contributed by atoms with Crippen molar-refractivity contribution < 1.29 is 18.7 Å². The summed E-state index contributed by atoms with van der Waals surface area (Å²) in [6.45, 7) is 1.96. The van der Waals surface area contributed by atoms with E-state index in [1.807, 2.05) is 42.5 Å². The minimum Gasteiger partial charge on any atom is -0.486 e. The molecule has 0 aliphatic carbocycles. The van der Waals surface area contributed by atoms with E-state index in [4.69, 9.17) is 14.9 Å². The minimum absolute atomic E-state index is 0.170. The molecule has 0 atom stereocenters. The van der Waals surface area contributed by atoms with Crippen molar-refractivity contribution in [3.63, 3.8) is 0 Å². The van der Waals surface area contributed by atoms with Crippen molar-refractivity contribution in [1.82, 2.24) is 0 Å². The first-order valence-electron chi connectivity index (χ1n) is 9.42. The number of nitrogens with two attached hydrogens (primary N) is 1. The Kier molecular flexibility index (Phi) is 5.22. The van der Waals surface area contributed by atoms with Crippen LogP contribution >= 0.6 is 0 Å². The average molecular weight is 400 g/mol. The molecule has 2 amide bonds. The monoisotopic (exact) mass is 400 g/mol. The molecule has 3 N–H and O–H groups in total. The van der Waals surface area contributed by atoms with Gasteiger partial charge in [-0.25, -0.2) is 0 Å². The zero-order valence-electron chi connectivity index (χ0n) is 16.3. The number of amides is 2. The van der Waals surface area contributed by atoms with E-state index in [0.717, 1.165) is 16.5 Å². The van der Waals surface area contributed by atoms with Crippen molar-refractivity contribution in [3.8, 4) is 5.75 Å². The van der Waals surface area contributed by atoms with Crippen LogP contribution in [0.25, 0.3) is 10.8 Å². The molecule has 0 bridgehead atoms. The predicted octanol–water partition coefficient (Wildman–Crippen LogP) is 4.67. The van der Waals surface area contributed by atoms with Gasteiger partial charge in [0.25, 0.3) is 5.91 Å². The molecule has 4 aromatic rings. The number of rotatable bonds is 6. The average Bonchev–Trinajstić information content (AvgIpc) is 3.21. The molecule has 30 heavy (non-hydrogen) atoms. The number of nitrogens with one attached hydrogen (secondary N) is 1. The number of carbonyl (C=O) groups excluding carboxylic acids is 2. The SMILES string of the molecule is Cc1cc(NC(=O)c2ccc(COc3ccc4ccccc4c3)o2)ccc1C(N)=O. The summed E-state index contributed by atoms with van der Waals surface area (Å²) in [7, 11) is 0. The number of benzene rings is 3. The van der Waals surface area contributed by atoms with E-state index < -0.39 is 11.8 Å². The number of hydrogen-bond acceptors (Lipinski definition) is 4. The summed E-state index contributed by atoms with van der Waals surface area (Å²) in [6, 6.07) is 22.1. The maximum Gasteiger partial charge on any atom is 0.291 e. The summed E-state index contributed by atoms with van der Waals surface area (Å²) in [6.07, 6.45) is 0. The first-order chi connectivity index (χ1) is 14.5. The smallest absolute Gasteiger partial charge is 0.291 e. The summed E-state index contributed by atoms with van der Waals surface area (Å²) in [5.74, 6) is 0.532. The number of furan rings is 1. The lowest BCUT2D eigenvalue weighted by Gasteiger charge is -2.07. The van der Waals surface area contributed by atoms with E-state index in [1.54, 1.807) is 37.3 Å². The lowest BCUT2D eigenvalue weighted by Crippen LogP contribution is -2.14. The van der Waals surface area contributed by atoms with Gasteiger partial charge in [0.15, 0.2) is 5.76 Å². The summed E-state index contributed by atoms with van der Waals surface area (Å²) in [5, 5.41) is 4.98. The number of ether oxygens (including phenoxy) is 1. The molecule has 0 spiro atoms. The van der Waals surface area contributed by atoms with Crippen LogP contribution < -0.4 is 15.8 Å². The maximum atomic E-state index is 12.4. The van der Waals surface area contributed by atoms with Gasteiger partial charge in [0.05, 0.1) is 0 Å². The van der Waals surface area contributed by atoms with E-state index in [-0.39, 0.29) is 12.4 Å². The quantitative estimate of drug-likeness (QED) is 0.492. The molecule has 3 aromatic carbocycles. The third kappa shape index (κ3) is 4.17. The highest BCUT2D eigenvalue weighted by atomic mass is 16.5. The Balaban J connectivity index is 1.40. The second-order valence-corrected chi connectivity index (χ2v) is 6.91. The van der Waals surface area contributed by atoms with E-state index in [0.29, 0.717) is 22.6 Å². The fraction of sp³-hybridized carbons (Fsp3) is 0.0833. The van der Waals surface area contributed by atoms with Crippen molar-refractivity contribution in [3.05, 3.63) is 95.4 Å². The van der Waals surface area contributed by atoms with E-state index in [9.17, 15) is 9.59 Å². The fourth-order valence-electron chi connectivity index (χ4n) is 3.20. The maximum absolute atomic E-state index is 12.4. The highest BCUT2D eigenvalue weighted by Crippen LogP contribution is 2.22. The second kappa shape index (κ2) is 8.13. The summed E-state index contributed by atoms with van der Waals surface area (Å²) in [5.41, 5.74) is 6.95. The van der Waals surface area contributed by atoms with Crippen LogP contribution in [0.1, 0.15) is 32.2 Å². The minimum atomic E-state index is -0.507. The number of anilines is 1. The molecule has 1 heterocycles. The van der Waals surface area contributed by atoms with Crippen LogP contribution in [0.15, 0.2) is 77.2 Å². The number of fused-ring (bicyclic) bond motifs is 1. The first kappa shape index (κ1) is 19.3. The van der Waals surface area contributed by atoms with Crippen molar-refractivity contribution in [2.75, 3.05) is 5.32 Å². The van der Waals surface area contributed by atoms with Gasteiger partial charge in [-0.1, -0.05) is 30.3 Å². The molecule has 0 aliphatic rings. The van der Waals surface area contributed by atoms with Gasteiger partial charge in [-0.2, -0.15) is 0 Å². The van der Waals surface area contributed by atoms with Crippen LogP contribution in [-0.2, 0) is 6.61 Å². The van der Waals surface area contributed by atoms with Gasteiger partial charge in [-0.15, -0.1) is 0 Å². The Labute approximate surface area is 173 Å². The van der Waals surface area contributed by atoms with Crippen LogP contribution in [0, 0.1) is 6.92 Å². The van der Waals surface area contributed by atoms with Crippen molar-refractivity contribution >= 4 is 28.3 Å². The van der Waals surface area contributed by atoms with E-state index in [2.05, 4.69) is 5.32 Å². The Morgan fingerprint density at radius 1 is 0.967 bits per heavy atom. The summed E-state index contributed by atoms with van der Waals surface area (Å²) < 4.78 is 11.4. The van der Waals surface area contributed by atoms with Crippen molar-refractivity contribution in [2.45, 2.75) is 13.5 Å². The van der Waals surface area contributed by atoms with E-state index >= 15 is 0 Å². The van der Waals surface area contributed by atoms with Crippen molar-refractivity contribution in [1.29, 1.82) is 0 Å². The number of aryl methyl sites for hydroxylation is 1. The van der Waals surface area contributed by atoms with Crippen LogP contribution in [0.3, 0.4) is 0 Å². The standard InChI is InChI=1S/C24H20N2O4/c1-15-12-18(7-10-21(15)23(25)27)26-24(28)22-11-9-20(30-22)14-29-19-8-6-16-4-2-3-5-17(16)13-19/h2-13H,14H2,1H3,(H2,25,27)(H,26,28). The van der Waals surface area contributed by atoms with Gasteiger partial charge in [0.1, 0.15) is 18.1 Å². The molecule has 4 rings (SSSR count). The van der Waals surface area contributed by atoms with Crippen LogP contribution in [-0.4, -0.2) is 11.8 Å². The molecule has 6 heteroatoms. The topological polar surface area (TPSA) is 94.6 Å². The number of carbonyl (C=O) groups is 2. The summed E-state index contributed by atoms with van der Waals surface area (Å²) in [4.78, 5) is 23.8. The Morgan fingerprint density at radius 2 is 1.77 bits per heavy atom. The van der Waals surface area contributed by atoms with Crippen LogP contribution in [0.2, 0.25) is 0 Å². The first-order valence-corrected chi connectivity index (χ1v) is 9.42. The highest BCUT2D eigenvalue weighted by molar-refractivity contribution is 6.03. The number of hydrogen-bond donors (Lipinski definition) is 2. The predicted molar refractivity (Wildman–Crippen MR) is 115 cm³/mol. The summed E-state index contributed by atoms with van der Waals surface area (Å²) >= 11 is 0. The zero-order chi connectivity index (χ0) is 21.1. The van der Waals surface area contributed by atoms with Gasteiger partial charge >= 0.3 is 0 Å². The van der Waals surface area contributed by atoms with E-state index in [1.165, 1.54) is 0 Å². The lowest BCUT2D eigenvalue weighted by molar-refractivity contribution is 0.0988. The highest BCUT2D eigenvalue weighted by Gasteiger charge is 2.13. The molecule has 1 aromatic heterocycles. The fourth-order valence-corrected chi connectivity index (χ4v) is 3.20. The lowest BCUT2D eigenvalue weighted by atomic mass is 10.1. The van der Waals surface area contributed by atoms with Gasteiger partial charge in [-0.3, -0.25) is 9.59 Å². The van der Waals surface area contributed by atoms with Crippen LogP contribution in [0.5, 0.6) is 5.75 Å². The molecule has 0 aliphatic heterocycles. The molecule has 0 unspecified atom stereocenters. The molecule has 150 valence electrons. The molecule has 0 saturated heterocycles.